The summed E-state index contributed by atoms with van der Waals surface area (Å²) in [4.78, 5) is 16.4. The second kappa shape index (κ2) is 8.34. The Labute approximate surface area is 146 Å². The van der Waals surface area contributed by atoms with Gasteiger partial charge in [-0.3, -0.25) is 4.90 Å². The van der Waals surface area contributed by atoms with Crippen LogP contribution in [0.25, 0.3) is 6.08 Å². The zero-order chi connectivity index (χ0) is 17.6. The summed E-state index contributed by atoms with van der Waals surface area (Å²) in [6.07, 6.45) is 5.22. The van der Waals surface area contributed by atoms with Gasteiger partial charge in [0.15, 0.2) is 0 Å². The summed E-state index contributed by atoms with van der Waals surface area (Å²) in [5, 5.41) is 0. The van der Waals surface area contributed by atoms with E-state index in [1.165, 1.54) is 5.56 Å². The van der Waals surface area contributed by atoms with E-state index in [-0.39, 0.29) is 6.09 Å². The molecule has 0 N–H and O–H groups in total. The van der Waals surface area contributed by atoms with Gasteiger partial charge in [-0.05, 0) is 39.7 Å². The Morgan fingerprint density at radius 2 is 1.96 bits per heavy atom. The highest BCUT2D eigenvalue weighted by Crippen LogP contribution is 2.15. The number of rotatable bonds is 4. The largest absolute Gasteiger partial charge is 0.444 e. The van der Waals surface area contributed by atoms with E-state index in [2.05, 4.69) is 48.2 Å². The van der Waals surface area contributed by atoms with E-state index in [1.807, 2.05) is 31.7 Å². The lowest BCUT2D eigenvalue weighted by Crippen LogP contribution is -2.54. The molecule has 0 aromatic heterocycles. The van der Waals surface area contributed by atoms with Crippen LogP contribution in [0.4, 0.5) is 4.79 Å². The predicted octanol–water partition coefficient (Wildman–Crippen LogP) is 4.03. The molecule has 1 aromatic carbocycles. The number of nitrogens with zero attached hydrogens (tertiary/aromatic N) is 2. The molecule has 1 atom stereocenters. The fraction of sp³-hybridized carbons (Fsp3) is 0.550. The first-order chi connectivity index (χ1) is 11.3. The van der Waals surface area contributed by atoms with E-state index >= 15 is 0 Å². The molecule has 1 aliphatic heterocycles. The molecule has 132 valence electrons. The average Bonchev–Trinajstić information content (AvgIpc) is 2.52. The van der Waals surface area contributed by atoms with Crippen LogP contribution in [0.15, 0.2) is 36.4 Å². The number of ether oxygens (including phenoxy) is 1. The van der Waals surface area contributed by atoms with Crippen molar-refractivity contribution in [1.82, 2.24) is 9.80 Å². The van der Waals surface area contributed by atoms with Crippen LogP contribution in [0.3, 0.4) is 0 Å². The average molecular weight is 330 g/mol. The highest BCUT2D eigenvalue weighted by Gasteiger charge is 2.29. The normalized spacial score (nSPS) is 19.7. The first-order valence-corrected chi connectivity index (χ1v) is 8.79. The number of hydrogen-bond donors (Lipinski definition) is 0. The molecule has 1 amide bonds. The van der Waals surface area contributed by atoms with Gasteiger partial charge in [0.1, 0.15) is 5.60 Å². The quantitative estimate of drug-likeness (QED) is 0.835. The smallest absolute Gasteiger partial charge is 0.410 e. The van der Waals surface area contributed by atoms with Crippen LogP contribution in [-0.4, -0.2) is 53.7 Å². The maximum atomic E-state index is 12.2. The van der Waals surface area contributed by atoms with Gasteiger partial charge in [-0.2, -0.15) is 0 Å². The van der Waals surface area contributed by atoms with Crippen molar-refractivity contribution in [2.24, 2.45) is 0 Å². The Morgan fingerprint density at radius 1 is 1.25 bits per heavy atom. The molecule has 0 saturated carbocycles. The Balaban J connectivity index is 1.75. The number of carbonyl (C=O) groups is 1. The molecule has 1 aliphatic rings. The molecule has 1 fully saturated rings. The standard InChI is InChI=1S/C20H30N2O2/c1-17-16-22(19(23)24-20(2,3)4)15-14-21(17)13-9-8-12-18-10-6-5-7-11-18/h5-8,10-12,17H,9,13-16H2,1-4H3/b12-8+. The van der Waals surface area contributed by atoms with Crippen molar-refractivity contribution < 1.29 is 9.53 Å². The third-order valence-corrected chi connectivity index (χ3v) is 4.11. The van der Waals surface area contributed by atoms with E-state index in [1.54, 1.807) is 0 Å². The first kappa shape index (κ1) is 18.5. The minimum absolute atomic E-state index is 0.196. The van der Waals surface area contributed by atoms with Crippen molar-refractivity contribution in [2.45, 2.75) is 45.8 Å². The van der Waals surface area contributed by atoms with Gasteiger partial charge in [-0.1, -0.05) is 42.5 Å². The minimum Gasteiger partial charge on any atom is -0.444 e. The number of benzene rings is 1. The van der Waals surface area contributed by atoms with Gasteiger partial charge in [-0.15, -0.1) is 0 Å². The van der Waals surface area contributed by atoms with Crippen LogP contribution in [-0.2, 0) is 4.74 Å². The molecule has 1 aromatic rings. The molecule has 1 saturated heterocycles. The summed E-state index contributed by atoms with van der Waals surface area (Å²) in [5.41, 5.74) is 0.806. The Bertz CT molecular complexity index is 549. The molecule has 4 heteroatoms. The molecule has 1 unspecified atom stereocenters. The van der Waals surface area contributed by atoms with E-state index < -0.39 is 5.60 Å². The maximum absolute atomic E-state index is 12.2. The summed E-state index contributed by atoms with van der Waals surface area (Å²) >= 11 is 0. The SMILES string of the molecule is CC1CN(C(=O)OC(C)(C)C)CCN1CC/C=C/c1ccccc1. The van der Waals surface area contributed by atoms with Gasteiger partial charge in [0, 0.05) is 32.2 Å². The van der Waals surface area contributed by atoms with Crippen molar-refractivity contribution in [2.75, 3.05) is 26.2 Å². The Hall–Kier alpha value is -1.81. The van der Waals surface area contributed by atoms with Crippen molar-refractivity contribution in [1.29, 1.82) is 0 Å². The van der Waals surface area contributed by atoms with Gasteiger partial charge in [0.2, 0.25) is 0 Å². The summed E-state index contributed by atoms with van der Waals surface area (Å²) < 4.78 is 5.47. The lowest BCUT2D eigenvalue weighted by molar-refractivity contribution is 0.00608. The summed E-state index contributed by atoms with van der Waals surface area (Å²) in [6, 6.07) is 10.7. The topological polar surface area (TPSA) is 32.8 Å². The fourth-order valence-electron chi connectivity index (χ4n) is 2.84. The van der Waals surface area contributed by atoms with E-state index in [0.717, 1.165) is 32.6 Å². The van der Waals surface area contributed by atoms with E-state index in [4.69, 9.17) is 4.74 Å². The molecule has 0 aliphatic carbocycles. The van der Waals surface area contributed by atoms with Crippen molar-refractivity contribution in [3.63, 3.8) is 0 Å². The minimum atomic E-state index is -0.431. The second-order valence-corrected chi connectivity index (χ2v) is 7.41. The summed E-state index contributed by atoms with van der Waals surface area (Å²) in [7, 11) is 0. The van der Waals surface area contributed by atoms with Gasteiger partial charge < -0.3 is 9.64 Å². The van der Waals surface area contributed by atoms with Gasteiger partial charge >= 0.3 is 6.09 Å². The third-order valence-electron chi connectivity index (χ3n) is 4.11. The van der Waals surface area contributed by atoms with Gasteiger partial charge in [-0.25, -0.2) is 4.79 Å². The van der Waals surface area contributed by atoms with Crippen LogP contribution >= 0.6 is 0 Å². The zero-order valence-corrected chi connectivity index (χ0v) is 15.4. The first-order valence-electron chi connectivity index (χ1n) is 8.79. The third kappa shape index (κ3) is 6.00. The van der Waals surface area contributed by atoms with Crippen LogP contribution in [0.1, 0.15) is 39.7 Å². The molecule has 0 bridgehead atoms. The van der Waals surface area contributed by atoms with E-state index in [9.17, 15) is 4.79 Å². The van der Waals surface area contributed by atoms with E-state index in [0.29, 0.717) is 6.04 Å². The molecule has 2 rings (SSSR count). The Morgan fingerprint density at radius 3 is 2.58 bits per heavy atom. The van der Waals surface area contributed by atoms with Crippen molar-refractivity contribution >= 4 is 12.2 Å². The van der Waals surface area contributed by atoms with Crippen LogP contribution < -0.4 is 0 Å². The van der Waals surface area contributed by atoms with Crippen molar-refractivity contribution in [3.8, 4) is 0 Å². The number of carbonyl (C=O) groups excluding carboxylic acids is 1. The van der Waals surface area contributed by atoms with Gasteiger partial charge in [0.25, 0.3) is 0 Å². The fourth-order valence-corrected chi connectivity index (χ4v) is 2.84. The lowest BCUT2D eigenvalue weighted by atomic mass is 10.1. The molecule has 1 heterocycles. The maximum Gasteiger partial charge on any atom is 0.410 e. The van der Waals surface area contributed by atoms with Crippen LogP contribution in [0.5, 0.6) is 0 Å². The number of amides is 1. The number of hydrogen-bond acceptors (Lipinski definition) is 3. The molecule has 0 spiro atoms. The monoisotopic (exact) mass is 330 g/mol. The lowest BCUT2D eigenvalue weighted by Gasteiger charge is -2.40. The Kier molecular flexibility index (Phi) is 6.44. The predicted molar refractivity (Wildman–Crippen MR) is 98.9 cm³/mol. The summed E-state index contributed by atoms with van der Waals surface area (Å²) in [6.45, 7) is 11.3. The van der Waals surface area contributed by atoms with Gasteiger partial charge in [0.05, 0.1) is 0 Å². The number of piperazine rings is 1. The zero-order valence-electron chi connectivity index (χ0n) is 15.4. The molecular formula is C20H30N2O2. The molecule has 24 heavy (non-hydrogen) atoms. The highest BCUT2D eigenvalue weighted by atomic mass is 16.6. The molecular weight excluding hydrogens is 300 g/mol. The highest BCUT2D eigenvalue weighted by molar-refractivity contribution is 5.68. The van der Waals surface area contributed by atoms with Crippen molar-refractivity contribution in [3.05, 3.63) is 42.0 Å². The van der Waals surface area contributed by atoms with Crippen LogP contribution in [0, 0.1) is 0 Å². The molecule has 0 radical (unpaired) electrons. The summed E-state index contributed by atoms with van der Waals surface area (Å²) in [5.74, 6) is 0. The molecule has 4 nitrogen and oxygen atoms in total. The van der Waals surface area contributed by atoms with Crippen LogP contribution in [0.2, 0.25) is 0 Å². The second-order valence-electron chi connectivity index (χ2n) is 7.41.